The Hall–Kier alpha value is -5.64. The maximum Gasteiger partial charge on any atom is 0.228 e. The van der Waals surface area contributed by atoms with Crippen molar-refractivity contribution < 1.29 is 4.79 Å². The second kappa shape index (κ2) is 9.59. The van der Waals surface area contributed by atoms with Crippen molar-refractivity contribution in [2.45, 2.75) is 13.3 Å². The zero-order valence-electron chi connectivity index (χ0n) is 21.5. The summed E-state index contributed by atoms with van der Waals surface area (Å²) in [5.74, 6) is 0.684. The van der Waals surface area contributed by atoms with E-state index in [1.807, 2.05) is 72.3 Å². The highest BCUT2D eigenvalue weighted by atomic mass is 16.1. The number of rotatable bonds is 6. The van der Waals surface area contributed by atoms with Gasteiger partial charge in [-0.25, -0.2) is 9.97 Å². The Labute approximate surface area is 228 Å². The Morgan fingerprint density at radius 1 is 0.950 bits per heavy atom. The predicted octanol–water partition coefficient (Wildman–Crippen LogP) is 5.24. The molecule has 7 rings (SSSR count). The number of carbonyl (C=O) groups is 1. The van der Waals surface area contributed by atoms with Crippen LogP contribution in [0.3, 0.4) is 0 Å². The van der Waals surface area contributed by atoms with Crippen molar-refractivity contribution in [1.29, 1.82) is 0 Å². The SMILES string of the molecule is Cc1cn(-c2nccc3[nH]c(-c4n[nH]c5cnc(-c6cncc(NC(=O)Cc7ccccc7)c6)cc45)cc23)cn1. The number of aromatic nitrogens is 8. The van der Waals surface area contributed by atoms with Gasteiger partial charge >= 0.3 is 0 Å². The molecule has 1 aromatic carbocycles. The van der Waals surface area contributed by atoms with Crippen molar-refractivity contribution in [3.63, 3.8) is 0 Å². The van der Waals surface area contributed by atoms with Gasteiger partial charge in [-0.05, 0) is 36.8 Å². The van der Waals surface area contributed by atoms with E-state index in [4.69, 9.17) is 0 Å². The number of anilines is 1. The van der Waals surface area contributed by atoms with Crippen LogP contribution in [-0.2, 0) is 11.2 Å². The first-order chi connectivity index (χ1) is 19.6. The zero-order valence-corrected chi connectivity index (χ0v) is 21.5. The minimum Gasteiger partial charge on any atom is -0.353 e. The molecule has 10 heteroatoms. The fourth-order valence-corrected chi connectivity index (χ4v) is 4.82. The predicted molar refractivity (Wildman–Crippen MR) is 153 cm³/mol. The Morgan fingerprint density at radius 2 is 1.85 bits per heavy atom. The lowest BCUT2D eigenvalue weighted by Gasteiger charge is -2.07. The molecule has 0 saturated heterocycles. The molecule has 0 aliphatic heterocycles. The summed E-state index contributed by atoms with van der Waals surface area (Å²) in [5, 5.41) is 12.5. The van der Waals surface area contributed by atoms with Crippen molar-refractivity contribution in [3.8, 4) is 28.5 Å². The lowest BCUT2D eigenvalue weighted by Crippen LogP contribution is -2.14. The quantitative estimate of drug-likeness (QED) is 0.272. The summed E-state index contributed by atoms with van der Waals surface area (Å²) >= 11 is 0. The van der Waals surface area contributed by atoms with Gasteiger partial charge in [0.2, 0.25) is 5.91 Å². The first kappa shape index (κ1) is 23.5. The molecule has 10 nitrogen and oxygen atoms in total. The maximum atomic E-state index is 12.6. The Kier molecular flexibility index (Phi) is 5.63. The lowest BCUT2D eigenvalue weighted by molar-refractivity contribution is -0.115. The van der Waals surface area contributed by atoms with Crippen LogP contribution < -0.4 is 5.32 Å². The third kappa shape index (κ3) is 4.37. The monoisotopic (exact) mass is 525 g/mol. The highest BCUT2D eigenvalue weighted by Crippen LogP contribution is 2.32. The molecule has 6 aromatic heterocycles. The largest absolute Gasteiger partial charge is 0.353 e. The molecule has 1 amide bonds. The van der Waals surface area contributed by atoms with Gasteiger partial charge in [-0.2, -0.15) is 5.10 Å². The van der Waals surface area contributed by atoms with Gasteiger partial charge in [-0.15, -0.1) is 0 Å². The molecule has 0 bridgehead atoms. The van der Waals surface area contributed by atoms with Crippen LogP contribution in [0.1, 0.15) is 11.3 Å². The fourth-order valence-electron chi connectivity index (χ4n) is 4.82. The van der Waals surface area contributed by atoms with Crippen LogP contribution in [0.25, 0.3) is 50.3 Å². The molecule has 40 heavy (non-hydrogen) atoms. The van der Waals surface area contributed by atoms with Crippen LogP contribution >= 0.6 is 0 Å². The number of fused-ring (bicyclic) bond motifs is 2. The van der Waals surface area contributed by atoms with E-state index in [0.29, 0.717) is 11.4 Å². The highest BCUT2D eigenvalue weighted by Gasteiger charge is 2.16. The van der Waals surface area contributed by atoms with Crippen molar-refractivity contribution >= 4 is 33.4 Å². The second-order valence-corrected chi connectivity index (χ2v) is 9.56. The molecule has 0 saturated carbocycles. The van der Waals surface area contributed by atoms with Crippen molar-refractivity contribution in [3.05, 3.63) is 103 Å². The summed E-state index contributed by atoms with van der Waals surface area (Å²) < 4.78 is 1.92. The summed E-state index contributed by atoms with van der Waals surface area (Å²) in [6.07, 6.45) is 10.9. The minimum atomic E-state index is -0.107. The average Bonchev–Trinajstić information content (AvgIpc) is 3.71. The first-order valence-electron chi connectivity index (χ1n) is 12.7. The molecule has 7 aromatic rings. The summed E-state index contributed by atoms with van der Waals surface area (Å²) in [5.41, 5.74) is 7.34. The third-order valence-electron chi connectivity index (χ3n) is 6.71. The van der Waals surface area contributed by atoms with Crippen LogP contribution in [0.5, 0.6) is 0 Å². The van der Waals surface area contributed by atoms with Crippen LogP contribution in [0, 0.1) is 6.92 Å². The lowest BCUT2D eigenvalue weighted by atomic mass is 10.1. The number of hydrogen-bond acceptors (Lipinski definition) is 6. The molecule has 0 aliphatic carbocycles. The van der Waals surface area contributed by atoms with E-state index >= 15 is 0 Å². The molecule has 3 N–H and O–H groups in total. The van der Waals surface area contributed by atoms with Crippen LogP contribution in [0.4, 0.5) is 5.69 Å². The zero-order chi connectivity index (χ0) is 27.1. The molecular weight excluding hydrogens is 502 g/mol. The van der Waals surface area contributed by atoms with E-state index < -0.39 is 0 Å². The molecule has 0 radical (unpaired) electrons. The van der Waals surface area contributed by atoms with E-state index in [2.05, 4.69) is 40.4 Å². The first-order valence-corrected chi connectivity index (χ1v) is 12.7. The minimum absolute atomic E-state index is 0.107. The molecular formula is C30H23N9O. The summed E-state index contributed by atoms with van der Waals surface area (Å²) in [7, 11) is 0. The molecule has 6 heterocycles. The smallest absolute Gasteiger partial charge is 0.228 e. The molecule has 0 aliphatic rings. The van der Waals surface area contributed by atoms with Gasteiger partial charge in [0, 0.05) is 34.9 Å². The third-order valence-corrected chi connectivity index (χ3v) is 6.71. The van der Waals surface area contributed by atoms with Gasteiger partial charge in [0.1, 0.15) is 17.8 Å². The number of benzene rings is 1. The molecule has 0 atom stereocenters. The fraction of sp³-hybridized carbons (Fsp3) is 0.0667. The van der Waals surface area contributed by atoms with Crippen molar-refractivity contribution in [1.82, 2.24) is 39.7 Å². The summed E-state index contributed by atoms with van der Waals surface area (Å²) in [6.45, 7) is 1.95. The Bertz CT molecular complexity index is 2000. The normalized spacial score (nSPS) is 11.3. The summed E-state index contributed by atoms with van der Waals surface area (Å²) in [4.78, 5) is 33.9. The Balaban J connectivity index is 1.21. The number of aryl methyl sites for hydroxylation is 1. The number of pyridine rings is 3. The van der Waals surface area contributed by atoms with E-state index in [1.165, 1.54) is 0 Å². The molecule has 0 fully saturated rings. The number of imidazole rings is 1. The van der Waals surface area contributed by atoms with Gasteiger partial charge in [-0.3, -0.25) is 24.4 Å². The topological polar surface area (TPSA) is 130 Å². The van der Waals surface area contributed by atoms with E-state index in [9.17, 15) is 4.79 Å². The number of nitrogens with zero attached hydrogens (tertiary/aromatic N) is 6. The van der Waals surface area contributed by atoms with Gasteiger partial charge in [0.15, 0.2) is 0 Å². The maximum absolute atomic E-state index is 12.6. The number of nitrogens with one attached hydrogen (secondary N) is 3. The molecule has 194 valence electrons. The van der Waals surface area contributed by atoms with Crippen LogP contribution in [0.2, 0.25) is 0 Å². The second-order valence-electron chi connectivity index (χ2n) is 9.56. The highest BCUT2D eigenvalue weighted by molar-refractivity contribution is 5.98. The molecule has 0 unspecified atom stereocenters. The number of carbonyl (C=O) groups excluding carboxylic acids is 1. The molecule has 0 spiro atoms. The van der Waals surface area contributed by atoms with Crippen LogP contribution in [-0.4, -0.2) is 45.6 Å². The van der Waals surface area contributed by atoms with Crippen LogP contribution in [0.15, 0.2) is 91.9 Å². The summed E-state index contributed by atoms with van der Waals surface area (Å²) in [6, 6.07) is 17.5. The van der Waals surface area contributed by atoms with E-state index in [1.54, 1.807) is 31.1 Å². The van der Waals surface area contributed by atoms with Gasteiger partial charge < -0.3 is 10.3 Å². The standard InChI is InChI=1S/C30H23N9O/c1-18-16-39(17-34-18)30-23-12-26(36-24(23)7-8-32-30)29-22-11-25(33-15-27(22)37-38-29)20-10-21(14-31-13-20)35-28(40)9-19-5-3-2-4-6-19/h2-8,10-17,36H,9H2,1H3,(H,35,40)(H,37,38). The van der Waals surface area contributed by atoms with E-state index in [0.717, 1.165) is 55.8 Å². The van der Waals surface area contributed by atoms with Gasteiger partial charge in [0.25, 0.3) is 0 Å². The average molecular weight is 526 g/mol. The van der Waals surface area contributed by atoms with Gasteiger partial charge in [0.05, 0.1) is 52.6 Å². The number of hydrogen-bond donors (Lipinski definition) is 3. The van der Waals surface area contributed by atoms with Crippen molar-refractivity contribution in [2.75, 3.05) is 5.32 Å². The number of aromatic amines is 2. The van der Waals surface area contributed by atoms with E-state index in [-0.39, 0.29) is 12.3 Å². The Morgan fingerprint density at radius 3 is 2.70 bits per heavy atom. The number of amides is 1. The number of H-pyrrole nitrogens is 2. The van der Waals surface area contributed by atoms with Crippen molar-refractivity contribution in [2.24, 2.45) is 0 Å². The van der Waals surface area contributed by atoms with Gasteiger partial charge in [-0.1, -0.05) is 30.3 Å².